The molecule has 4 rings (SSSR count). The van der Waals surface area contributed by atoms with Crippen molar-refractivity contribution >= 4 is 11.9 Å². The van der Waals surface area contributed by atoms with Crippen LogP contribution >= 0.6 is 0 Å². The van der Waals surface area contributed by atoms with Gasteiger partial charge in [0.15, 0.2) is 0 Å². The molecule has 4 heteroatoms. The summed E-state index contributed by atoms with van der Waals surface area (Å²) < 4.78 is 5.10. The molecule has 1 aromatic carbocycles. The van der Waals surface area contributed by atoms with Gasteiger partial charge in [-0.15, -0.1) is 0 Å². The zero-order valence-electron chi connectivity index (χ0n) is 16.1. The molecule has 3 aliphatic rings. The van der Waals surface area contributed by atoms with Crippen LogP contribution in [0.1, 0.15) is 61.6 Å². The Labute approximate surface area is 155 Å². The number of hydrogen-bond donors (Lipinski definition) is 0. The summed E-state index contributed by atoms with van der Waals surface area (Å²) in [5.74, 6) is 0.819. The third-order valence-corrected chi connectivity index (χ3v) is 6.99. The summed E-state index contributed by atoms with van der Waals surface area (Å²) in [6, 6.07) is 7.21. The smallest absolute Gasteiger partial charge is 0.306 e. The highest BCUT2D eigenvalue weighted by Crippen LogP contribution is 2.52. The second kappa shape index (κ2) is 6.40. The summed E-state index contributed by atoms with van der Waals surface area (Å²) in [5.41, 5.74) is 4.19. The van der Waals surface area contributed by atoms with E-state index in [1.54, 1.807) is 0 Å². The van der Waals surface area contributed by atoms with E-state index in [4.69, 9.17) is 4.74 Å². The van der Waals surface area contributed by atoms with Crippen LogP contribution in [0.5, 0.6) is 0 Å². The zero-order chi connectivity index (χ0) is 18.5. The maximum absolute atomic E-state index is 12.8. The van der Waals surface area contributed by atoms with Gasteiger partial charge in [0.25, 0.3) is 0 Å². The van der Waals surface area contributed by atoms with E-state index in [1.807, 2.05) is 11.9 Å². The molecule has 0 radical (unpaired) electrons. The number of rotatable bonds is 4. The predicted molar refractivity (Wildman–Crippen MR) is 99.8 cm³/mol. The molecule has 0 aromatic heterocycles. The lowest BCUT2D eigenvalue weighted by Gasteiger charge is -2.47. The van der Waals surface area contributed by atoms with Crippen molar-refractivity contribution in [2.75, 3.05) is 13.7 Å². The van der Waals surface area contributed by atoms with E-state index < -0.39 is 0 Å². The molecule has 0 bridgehead atoms. The Morgan fingerprint density at radius 1 is 1.31 bits per heavy atom. The molecular weight excluding hydrogens is 326 g/mol. The highest BCUT2D eigenvalue weighted by molar-refractivity contribution is 5.81. The fourth-order valence-electron chi connectivity index (χ4n) is 5.08. The fraction of sp³-hybridized carbons (Fsp3) is 0.636. The fourth-order valence-corrected chi connectivity index (χ4v) is 5.08. The molecule has 0 unspecified atom stereocenters. The Kier molecular flexibility index (Phi) is 4.32. The number of hydrogen-bond acceptors (Lipinski definition) is 3. The van der Waals surface area contributed by atoms with Crippen molar-refractivity contribution < 1.29 is 14.3 Å². The first kappa shape index (κ1) is 17.6. The molecular formula is C22H29NO3. The Morgan fingerprint density at radius 3 is 2.62 bits per heavy atom. The maximum atomic E-state index is 12.8. The van der Waals surface area contributed by atoms with Gasteiger partial charge in [-0.3, -0.25) is 9.59 Å². The van der Waals surface area contributed by atoms with Crippen LogP contribution in [0.2, 0.25) is 0 Å². The number of carbonyl (C=O) groups excluding carboxylic acids is 2. The summed E-state index contributed by atoms with van der Waals surface area (Å²) in [6.45, 7) is 4.90. The lowest BCUT2D eigenvalue weighted by molar-refractivity contribution is -0.146. The van der Waals surface area contributed by atoms with Crippen LogP contribution in [0, 0.1) is 18.3 Å². The number of aryl methyl sites for hydroxylation is 2. The van der Waals surface area contributed by atoms with Gasteiger partial charge in [0.2, 0.25) is 5.91 Å². The van der Waals surface area contributed by atoms with Crippen molar-refractivity contribution in [3.8, 4) is 0 Å². The van der Waals surface area contributed by atoms with Crippen LogP contribution in [-0.2, 0) is 20.7 Å². The third-order valence-electron chi connectivity index (χ3n) is 6.99. The zero-order valence-corrected chi connectivity index (χ0v) is 16.1. The highest BCUT2D eigenvalue weighted by Gasteiger charge is 2.53. The topological polar surface area (TPSA) is 46.6 Å². The molecule has 140 valence electrons. The lowest BCUT2D eigenvalue weighted by atomic mass is 9.61. The number of cyclic esters (lactones) is 1. The molecule has 3 fully saturated rings. The van der Waals surface area contributed by atoms with Gasteiger partial charge in [-0.2, -0.15) is 0 Å². The number of nitrogens with zero attached hydrogens (tertiary/aromatic N) is 1. The van der Waals surface area contributed by atoms with Gasteiger partial charge < -0.3 is 9.64 Å². The first-order valence-corrected chi connectivity index (χ1v) is 9.92. The van der Waals surface area contributed by atoms with E-state index in [0.29, 0.717) is 25.0 Å². The normalized spacial score (nSPS) is 32.7. The number of esters is 1. The van der Waals surface area contributed by atoms with Crippen LogP contribution in [0.4, 0.5) is 0 Å². The van der Waals surface area contributed by atoms with Crippen molar-refractivity contribution in [3.63, 3.8) is 0 Å². The Balaban J connectivity index is 1.29. The molecule has 2 aliphatic carbocycles. The number of benzene rings is 1. The molecule has 1 saturated heterocycles. The van der Waals surface area contributed by atoms with E-state index in [0.717, 1.165) is 32.1 Å². The van der Waals surface area contributed by atoms with Crippen molar-refractivity contribution in [2.45, 2.75) is 64.3 Å². The molecule has 0 atom stereocenters. The van der Waals surface area contributed by atoms with Gasteiger partial charge in [-0.1, -0.05) is 25.1 Å². The van der Waals surface area contributed by atoms with E-state index in [9.17, 15) is 9.59 Å². The Hall–Kier alpha value is -1.84. The number of carbonyl (C=O) groups is 2. The van der Waals surface area contributed by atoms with Crippen molar-refractivity contribution in [3.05, 3.63) is 34.9 Å². The summed E-state index contributed by atoms with van der Waals surface area (Å²) >= 11 is 0. The molecule has 4 nitrogen and oxygen atoms in total. The van der Waals surface area contributed by atoms with Crippen LogP contribution in [0.15, 0.2) is 18.2 Å². The maximum Gasteiger partial charge on any atom is 0.306 e. The second-order valence-electron chi connectivity index (χ2n) is 8.75. The standard InChI is InChI=1S/C22H29NO3/c1-4-15-5-6-16(7-14(15)2)17-8-19(9-17)23(3)21(25)18-10-22(11-18)12-20(24)26-13-22/h5-7,17-19H,4,8-13H2,1-3H3. The van der Waals surface area contributed by atoms with Gasteiger partial charge in [-0.05, 0) is 61.6 Å². The Morgan fingerprint density at radius 2 is 2.04 bits per heavy atom. The molecule has 1 heterocycles. The van der Waals surface area contributed by atoms with Crippen molar-refractivity contribution in [1.82, 2.24) is 4.90 Å². The van der Waals surface area contributed by atoms with Crippen LogP contribution in [-0.4, -0.2) is 36.5 Å². The van der Waals surface area contributed by atoms with E-state index in [2.05, 4.69) is 32.0 Å². The minimum Gasteiger partial charge on any atom is -0.465 e. The van der Waals surface area contributed by atoms with Crippen LogP contribution in [0.3, 0.4) is 0 Å². The van der Waals surface area contributed by atoms with Gasteiger partial charge in [0, 0.05) is 24.4 Å². The van der Waals surface area contributed by atoms with Crippen molar-refractivity contribution in [1.29, 1.82) is 0 Å². The van der Waals surface area contributed by atoms with Gasteiger partial charge in [0.1, 0.15) is 0 Å². The minimum atomic E-state index is -0.101. The summed E-state index contributed by atoms with van der Waals surface area (Å²) in [7, 11) is 1.95. The first-order valence-electron chi connectivity index (χ1n) is 9.92. The summed E-state index contributed by atoms with van der Waals surface area (Å²) in [4.78, 5) is 26.1. The summed E-state index contributed by atoms with van der Waals surface area (Å²) in [5, 5.41) is 0. The molecule has 1 aromatic rings. The van der Waals surface area contributed by atoms with E-state index in [-0.39, 0.29) is 23.2 Å². The average molecular weight is 355 g/mol. The largest absolute Gasteiger partial charge is 0.465 e. The quantitative estimate of drug-likeness (QED) is 0.775. The minimum absolute atomic E-state index is 0.0288. The molecule has 26 heavy (non-hydrogen) atoms. The molecule has 1 spiro atoms. The third kappa shape index (κ3) is 2.93. The molecule has 0 N–H and O–H groups in total. The van der Waals surface area contributed by atoms with Crippen LogP contribution in [0.25, 0.3) is 0 Å². The highest BCUT2D eigenvalue weighted by atomic mass is 16.5. The predicted octanol–water partition coefficient (Wildman–Crippen LogP) is 3.61. The number of ether oxygens (including phenoxy) is 1. The second-order valence-corrected chi connectivity index (χ2v) is 8.75. The van der Waals surface area contributed by atoms with E-state index in [1.165, 1.54) is 16.7 Å². The van der Waals surface area contributed by atoms with Gasteiger partial charge in [-0.25, -0.2) is 0 Å². The van der Waals surface area contributed by atoms with E-state index >= 15 is 0 Å². The van der Waals surface area contributed by atoms with Crippen molar-refractivity contribution in [2.24, 2.45) is 11.3 Å². The molecule has 1 amide bonds. The number of amides is 1. The van der Waals surface area contributed by atoms with Gasteiger partial charge >= 0.3 is 5.97 Å². The molecule has 1 aliphatic heterocycles. The Bertz CT molecular complexity index is 729. The SMILES string of the molecule is CCc1ccc(C2CC(N(C)C(=O)C3CC4(COC(=O)C4)C3)C2)cc1C. The summed E-state index contributed by atoms with van der Waals surface area (Å²) in [6.07, 6.45) is 5.33. The van der Waals surface area contributed by atoms with Gasteiger partial charge in [0.05, 0.1) is 13.0 Å². The van der Waals surface area contributed by atoms with Crippen LogP contribution < -0.4 is 0 Å². The monoisotopic (exact) mass is 355 g/mol. The molecule has 2 saturated carbocycles. The lowest BCUT2D eigenvalue weighted by Crippen LogP contribution is -2.51. The average Bonchev–Trinajstić information content (AvgIpc) is 2.94. The first-order chi connectivity index (χ1) is 12.4.